The standard InChI is InChI=1S/C7H10N4O3/c12-6(13)1-2-8-7(14)11-5-3-9-10-4-5/h3-4H,1-2H2,(H,9,10)(H,12,13)(H2,8,11,14). The van der Waals surface area contributed by atoms with Crippen molar-refractivity contribution >= 4 is 17.7 Å². The molecular formula is C7H10N4O3. The van der Waals surface area contributed by atoms with Crippen LogP contribution in [0.25, 0.3) is 0 Å². The Morgan fingerprint density at radius 3 is 2.93 bits per heavy atom. The van der Waals surface area contributed by atoms with Crippen molar-refractivity contribution in [2.45, 2.75) is 6.42 Å². The van der Waals surface area contributed by atoms with Crippen molar-refractivity contribution in [2.75, 3.05) is 11.9 Å². The molecule has 0 saturated carbocycles. The second-order valence-corrected chi connectivity index (χ2v) is 2.51. The monoisotopic (exact) mass is 198 g/mol. The molecule has 0 bridgehead atoms. The van der Waals surface area contributed by atoms with E-state index in [1.807, 2.05) is 0 Å². The summed E-state index contributed by atoms with van der Waals surface area (Å²) in [5.41, 5.74) is 0.526. The van der Waals surface area contributed by atoms with Gasteiger partial charge in [-0.3, -0.25) is 9.89 Å². The number of carboxylic acid groups (broad SMARTS) is 1. The van der Waals surface area contributed by atoms with Crippen LogP contribution >= 0.6 is 0 Å². The predicted octanol–water partition coefficient (Wildman–Crippen LogP) is 0.00590. The third-order valence-electron chi connectivity index (χ3n) is 1.38. The molecule has 0 radical (unpaired) electrons. The molecule has 1 rings (SSSR count). The number of carbonyl (C=O) groups is 2. The van der Waals surface area contributed by atoms with Gasteiger partial charge in [0, 0.05) is 12.7 Å². The van der Waals surface area contributed by atoms with Gasteiger partial charge in [-0.05, 0) is 0 Å². The van der Waals surface area contributed by atoms with Crippen molar-refractivity contribution in [3.05, 3.63) is 12.4 Å². The minimum atomic E-state index is -0.950. The molecule has 0 aliphatic heterocycles. The van der Waals surface area contributed by atoms with Crippen LogP contribution in [0.5, 0.6) is 0 Å². The largest absolute Gasteiger partial charge is 0.481 e. The zero-order valence-electron chi connectivity index (χ0n) is 7.28. The second kappa shape index (κ2) is 4.85. The highest BCUT2D eigenvalue weighted by Crippen LogP contribution is 1.99. The van der Waals surface area contributed by atoms with Crippen LogP contribution in [0, 0.1) is 0 Å². The lowest BCUT2D eigenvalue weighted by Gasteiger charge is -2.03. The number of aromatic amines is 1. The molecule has 1 heterocycles. The molecule has 4 N–H and O–H groups in total. The number of nitrogens with one attached hydrogen (secondary N) is 3. The lowest BCUT2D eigenvalue weighted by molar-refractivity contribution is -0.136. The Kier molecular flexibility index (Phi) is 3.48. The average Bonchev–Trinajstić information content (AvgIpc) is 2.56. The molecular weight excluding hydrogens is 188 g/mol. The molecule has 0 unspecified atom stereocenters. The maximum Gasteiger partial charge on any atom is 0.319 e. The van der Waals surface area contributed by atoms with Gasteiger partial charge in [-0.15, -0.1) is 0 Å². The van der Waals surface area contributed by atoms with Gasteiger partial charge in [-0.25, -0.2) is 4.79 Å². The average molecular weight is 198 g/mol. The molecule has 7 heteroatoms. The lowest BCUT2D eigenvalue weighted by Crippen LogP contribution is -2.30. The number of aromatic nitrogens is 2. The summed E-state index contributed by atoms with van der Waals surface area (Å²) in [6, 6.07) is -0.451. The molecule has 76 valence electrons. The van der Waals surface area contributed by atoms with Crippen LogP contribution in [0.4, 0.5) is 10.5 Å². The first kappa shape index (κ1) is 10.0. The predicted molar refractivity (Wildman–Crippen MR) is 47.9 cm³/mol. The summed E-state index contributed by atoms with van der Waals surface area (Å²) in [5.74, 6) is -0.950. The van der Waals surface area contributed by atoms with Gasteiger partial charge in [0.15, 0.2) is 0 Å². The lowest BCUT2D eigenvalue weighted by atomic mass is 10.4. The quantitative estimate of drug-likeness (QED) is 0.546. The van der Waals surface area contributed by atoms with Crippen molar-refractivity contribution in [2.24, 2.45) is 0 Å². The zero-order chi connectivity index (χ0) is 10.4. The fourth-order valence-electron chi connectivity index (χ4n) is 0.778. The van der Waals surface area contributed by atoms with Crippen LogP contribution in [0.15, 0.2) is 12.4 Å². The van der Waals surface area contributed by atoms with E-state index in [0.717, 1.165) is 0 Å². The summed E-state index contributed by atoms with van der Waals surface area (Å²) < 4.78 is 0. The Morgan fingerprint density at radius 2 is 2.36 bits per heavy atom. The molecule has 0 aliphatic carbocycles. The third-order valence-corrected chi connectivity index (χ3v) is 1.38. The second-order valence-electron chi connectivity index (χ2n) is 2.51. The number of amides is 2. The van der Waals surface area contributed by atoms with E-state index in [4.69, 9.17) is 5.11 Å². The number of H-pyrrole nitrogens is 1. The Balaban J connectivity index is 2.20. The van der Waals surface area contributed by atoms with Gasteiger partial charge in [-0.1, -0.05) is 0 Å². The fraction of sp³-hybridized carbons (Fsp3) is 0.286. The van der Waals surface area contributed by atoms with E-state index in [2.05, 4.69) is 20.8 Å². The summed E-state index contributed by atoms with van der Waals surface area (Å²) in [6.07, 6.45) is 2.85. The van der Waals surface area contributed by atoms with Gasteiger partial charge in [0.05, 0.1) is 18.3 Å². The summed E-state index contributed by atoms with van der Waals surface area (Å²) >= 11 is 0. The van der Waals surface area contributed by atoms with Crippen molar-refractivity contribution in [1.29, 1.82) is 0 Å². The Hall–Kier alpha value is -2.05. The van der Waals surface area contributed by atoms with Crippen molar-refractivity contribution < 1.29 is 14.7 Å². The first-order chi connectivity index (χ1) is 6.68. The molecule has 1 aromatic rings. The van der Waals surface area contributed by atoms with Gasteiger partial charge in [0.2, 0.25) is 0 Å². The fourth-order valence-corrected chi connectivity index (χ4v) is 0.778. The maximum atomic E-state index is 11.0. The smallest absolute Gasteiger partial charge is 0.319 e. The molecule has 0 atom stereocenters. The van der Waals surface area contributed by atoms with Gasteiger partial charge in [0.25, 0.3) is 0 Å². The summed E-state index contributed by atoms with van der Waals surface area (Å²) in [7, 11) is 0. The van der Waals surface area contributed by atoms with Crippen molar-refractivity contribution in [3.8, 4) is 0 Å². The number of carbonyl (C=O) groups excluding carboxylic acids is 1. The molecule has 0 aromatic carbocycles. The number of urea groups is 1. The number of aliphatic carboxylic acids is 1. The normalized spacial score (nSPS) is 9.43. The first-order valence-electron chi connectivity index (χ1n) is 3.94. The summed E-state index contributed by atoms with van der Waals surface area (Å²) in [5, 5.41) is 19.3. The minimum absolute atomic E-state index is 0.0962. The molecule has 0 saturated heterocycles. The molecule has 2 amide bonds. The van der Waals surface area contributed by atoms with E-state index in [1.54, 1.807) is 0 Å². The van der Waals surface area contributed by atoms with Gasteiger partial charge in [0.1, 0.15) is 0 Å². The Morgan fingerprint density at radius 1 is 1.57 bits per heavy atom. The van der Waals surface area contributed by atoms with E-state index in [0.29, 0.717) is 5.69 Å². The first-order valence-corrected chi connectivity index (χ1v) is 3.94. The van der Waals surface area contributed by atoms with Crippen molar-refractivity contribution in [1.82, 2.24) is 15.5 Å². The topological polar surface area (TPSA) is 107 Å². The molecule has 1 aromatic heterocycles. The number of hydrogen-bond donors (Lipinski definition) is 4. The third kappa shape index (κ3) is 3.57. The van der Waals surface area contributed by atoms with E-state index < -0.39 is 12.0 Å². The zero-order valence-corrected chi connectivity index (χ0v) is 7.28. The highest BCUT2D eigenvalue weighted by atomic mass is 16.4. The van der Waals surface area contributed by atoms with Crippen LogP contribution in [-0.4, -0.2) is 33.8 Å². The highest BCUT2D eigenvalue weighted by molar-refractivity contribution is 5.89. The van der Waals surface area contributed by atoms with Crippen LogP contribution in [0.3, 0.4) is 0 Å². The number of carboxylic acids is 1. The van der Waals surface area contributed by atoms with Crippen LogP contribution in [0.2, 0.25) is 0 Å². The van der Waals surface area contributed by atoms with Crippen LogP contribution in [-0.2, 0) is 4.79 Å². The number of anilines is 1. The molecule has 0 spiro atoms. The van der Waals surface area contributed by atoms with Crippen molar-refractivity contribution in [3.63, 3.8) is 0 Å². The number of hydrogen-bond acceptors (Lipinski definition) is 3. The van der Waals surface area contributed by atoms with E-state index >= 15 is 0 Å². The Labute approximate surface area is 79.5 Å². The number of rotatable bonds is 4. The summed E-state index contributed by atoms with van der Waals surface area (Å²) in [4.78, 5) is 21.1. The highest BCUT2D eigenvalue weighted by Gasteiger charge is 2.02. The Bertz CT molecular complexity index is 309. The SMILES string of the molecule is O=C(O)CCNC(=O)Nc1cn[nH]c1. The van der Waals surface area contributed by atoms with Gasteiger partial charge in [-0.2, -0.15) is 5.10 Å². The van der Waals surface area contributed by atoms with E-state index in [9.17, 15) is 9.59 Å². The molecule has 7 nitrogen and oxygen atoms in total. The summed E-state index contributed by atoms with van der Waals surface area (Å²) in [6.45, 7) is 0.0962. The maximum absolute atomic E-state index is 11.0. The van der Waals surface area contributed by atoms with E-state index in [1.165, 1.54) is 12.4 Å². The minimum Gasteiger partial charge on any atom is -0.481 e. The number of nitrogens with zero attached hydrogens (tertiary/aromatic N) is 1. The molecule has 0 fully saturated rings. The van der Waals surface area contributed by atoms with Crippen LogP contribution < -0.4 is 10.6 Å². The molecule has 14 heavy (non-hydrogen) atoms. The molecule has 0 aliphatic rings. The van der Waals surface area contributed by atoms with E-state index in [-0.39, 0.29) is 13.0 Å². The van der Waals surface area contributed by atoms with Gasteiger partial charge < -0.3 is 15.7 Å². The van der Waals surface area contributed by atoms with Crippen LogP contribution in [0.1, 0.15) is 6.42 Å². The van der Waals surface area contributed by atoms with Gasteiger partial charge >= 0.3 is 12.0 Å².